The molecule has 1 rings (SSSR count). The zero-order chi connectivity index (χ0) is 28.2. The minimum absolute atomic E-state index is 0.139. The highest BCUT2D eigenvalue weighted by Gasteiger charge is 2.30. The number of likely N-dealkylation sites (N-methyl/N-ethyl adjacent to an activating group) is 1. The van der Waals surface area contributed by atoms with Gasteiger partial charge in [-0.1, -0.05) is 55.9 Å². The third-order valence-electron chi connectivity index (χ3n) is 4.93. The molecule has 0 fully saturated rings. The summed E-state index contributed by atoms with van der Waals surface area (Å²) < 4.78 is 5.20. The smallest absolute Gasteiger partial charge is 0.407 e. The Morgan fingerprint density at radius 2 is 1.51 bits per heavy atom. The van der Waals surface area contributed by atoms with Crippen LogP contribution in [0.4, 0.5) is 4.79 Å². The lowest BCUT2D eigenvalue weighted by molar-refractivity contribution is -0.132. The topological polar surface area (TPSA) is 143 Å². The average molecular weight is 537 g/mol. The predicted octanol–water partition coefficient (Wildman–Crippen LogP) is 2.16. The lowest BCUT2D eigenvalue weighted by atomic mass is 10.0. The van der Waals surface area contributed by atoms with Gasteiger partial charge in [-0.25, -0.2) is 4.79 Å². The van der Waals surface area contributed by atoms with Crippen LogP contribution < -0.4 is 21.3 Å². The van der Waals surface area contributed by atoms with Crippen LogP contribution in [-0.4, -0.2) is 65.5 Å². The Balaban J connectivity index is 3.09. The molecule has 0 saturated heterocycles. The molecule has 10 nitrogen and oxygen atoms in total. The molecule has 3 atom stereocenters. The normalized spacial score (nSPS) is 13.6. The van der Waals surface area contributed by atoms with Crippen molar-refractivity contribution in [2.45, 2.75) is 77.3 Å². The van der Waals surface area contributed by atoms with Crippen molar-refractivity contribution in [3.8, 4) is 0 Å². The van der Waals surface area contributed by atoms with Gasteiger partial charge in [0.05, 0.1) is 0 Å². The Morgan fingerprint density at radius 1 is 0.919 bits per heavy atom. The number of alkyl carbamates (subject to hydrolysis) is 1. The van der Waals surface area contributed by atoms with Gasteiger partial charge < -0.3 is 26.0 Å². The Morgan fingerprint density at radius 3 is 2.03 bits per heavy atom. The molecule has 0 heterocycles. The summed E-state index contributed by atoms with van der Waals surface area (Å²) in [4.78, 5) is 62.7. The summed E-state index contributed by atoms with van der Waals surface area (Å²) in [5.74, 6) is -1.33. The first kappa shape index (κ1) is 31.9. The highest BCUT2D eigenvalue weighted by Crippen LogP contribution is 2.14. The highest BCUT2D eigenvalue weighted by molar-refractivity contribution is 8.14. The first-order valence-electron chi connectivity index (χ1n) is 12.2. The summed E-state index contributed by atoms with van der Waals surface area (Å²) in [6.45, 7) is 10.1. The Bertz CT molecular complexity index is 933. The molecule has 1 unspecified atom stereocenters. The number of amides is 4. The number of carbonyl (C=O) groups excluding carboxylic acids is 5. The average Bonchev–Trinajstić information content (AvgIpc) is 2.79. The van der Waals surface area contributed by atoms with Crippen molar-refractivity contribution in [3.63, 3.8) is 0 Å². The van der Waals surface area contributed by atoms with Crippen LogP contribution in [0, 0.1) is 5.92 Å². The van der Waals surface area contributed by atoms with Gasteiger partial charge in [0.15, 0.2) is 5.12 Å². The van der Waals surface area contributed by atoms with Crippen LogP contribution in [0.15, 0.2) is 30.3 Å². The second-order valence-corrected chi connectivity index (χ2v) is 11.4. The summed E-state index contributed by atoms with van der Waals surface area (Å²) in [7, 11) is 1.49. The van der Waals surface area contributed by atoms with E-state index < -0.39 is 40.8 Å². The van der Waals surface area contributed by atoms with Crippen molar-refractivity contribution in [3.05, 3.63) is 35.9 Å². The van der Waals surface area contributed by atoms with Crippen molar-refractivity contribution >= 4 is 40.7 Å². The van der Waals surface area contributed by atoms with Gasteiger partial charge in [0.25, 0.3) is 0 Å². The van der Waals surface area contributed by atoms with Gasteiger partial charge in [-0.3, -0.25) is 19.2 Å². The Kier molecular flexibility index (Phi) is 13.2. The van der Waals surface area contributed by atoms with Gasteiger partial charge in [0.2, 0.25) is 17.7 Å². The maximum absolute atomic E-state index is 13.3. The molecule has 0 aliphatic carbocycles. The van der Waals surface area contributed by atoms with Crippen molar-refractivity contribution in [2.75, 3.05) is 13.6 Å². The summed E-state index contributed by atoms with van der Waals surface area (Å²) in [5.41, 5.74) is 0.0668. The fourth-order valence-corrected chi connectivity index (χ4v) is 4.09. The first-order valence-corrected chi connectivity index (χ1v) is 13.1. The number of benzene rings is 1. The number of hydrogen-bond donors (Lipinski definition) is 4. The van der Waals surface area contributed by atoms with Crippen molar-refractivity contribution in [1.82, 2.24) is 21.3 Å². The molecule has 0 aromatic heterocycles. The number of rotatable bonds is 12. The van der Waals surface area contributed by atoms with Crippen LogP contribution in [0.25, 0.3) is 0 Å². The minimum atomic E-state index is -1.02. The predicted molar refractivity (Wildman–Crippen MR) is 144 cm³/mol. The van der Waals surface area contributed by atoms with E-state index in [1.54, 1.807) is 20.8 Å². The van der Waals surface area contributed by atoms with Crippen molar-refractivity contribution < 1.29 is 28.7 Å². The highest BCUT2D eigenvalue weighted by atomic mass is 32.2. The van der Waals surface area contributed by atoms with Crippen LogP contribution in [0.2, 0.25) is 0 Å². The molecule has 1 aromatic rings. The molecular weight excluding hydrogens is 496 g/mol. The summed E-state index contributed by atoms with van der Waals surface area (Å²) in [6.07, 6.45) is -0.146. The van der Waals surface area contributed by atoms with E-state index in [0.717, 1.165) is 17.3 Å². The minimum Gasteiger partial charge on any atom is -0.444 e. The molecule has 0 spiro atoms. The van der Waals surface area contributed by atoms with Crippen LogP contribution in [0.5, 0.6) is 0 Å². The number of thioether (sulfide) groups is 1. The van der Waals surface area contributed by atoms with E-state index in [1.807, 2.05) is 44.2 Å². The molecule has 1 aromatic carbocycles. The zero-order valence-electron chi connectivity index (χ0n) is 22.7. The molecule has 0 radical (unpaired) electrons. The van der Waals surface area contributed by atoms with Crippen LogP contribution >= 0.6 is 11.8 Å². The molecule has 206 valence electrons. The third kappa shape index (κ3) is 13.2. The fraction of sp³-hybridized carbons (Fsp3) is 0.577. The van der Waals surface area contributed by atoms with E-state index in [-0.39, 0.29) is 29.9 Å². The Hall–Kier alpha value is -3.08. The molecule has 0 aliphatic rings. The lowest BCUT2D eigenvalue weighted by Crippen LogP contribution is -2.56. The van der Waals surface area contributed by atoms with E-state index in [9.17, 15) is 24.0 Å². The quantitative estimate of drug-likeness (QED) is 0.321. The largest absolute Gasteiger partial charge is 0.444 e. The molecule has 0 saturated carbocycles. The van der Waals surface area contributed by atoms with Gasteiger partial charge in [0, 0.05) is 26.9 Å². The van der Waals surface area contributed by atoms with Crippen LogP contribution in [-0.2, 0) is 30.3 Å². The second-order valence-electron chi connectivity index (χ2n) is 10.0. The monoisotopic (exact) mass is 536 g/mol. The maximum atomic E-state index is 13.3. The fourth-order valence-electron chi connectivity index (χ4n) is 3.35. The summed E-state index contributed by atoms with van der Waals surface area (Å²) >= 11 is 0.741. The standard InChI is InChI=1S/C26H40N4O6S/c1-16(2)13-19(22(32)27-7)29-23(33)20(14-18-11-9-8-10-12-18)30-24(34)21(37-17(3)31)15-28-25(35)36-26(4,5)6/h8-12,16,19-21H,13-15H2,1-7H3,(H,27,32)(H,28,35)(H,29,33)(H,30,34)/t19-,20-,21?/m0/s1. The molecule has 11 heteroatoms. The SMILES string of the molecule is CNC(=O)[C@H](CC(C)C)NC(=O)[C@H](Cc1ccccc1)NC(=O)C(CNC(=O)OC(C)(C)C)SC(C)=O. The van der Waals surface area contributed by atoms with Crippen molar-refractivity contribution in [2.24, 2.45) is 5.92 Å². The van der Waals surface area contributed by atoms with E-state index in [1.165, 1.54) is 14.0 Å². The first-order chi connectivity index (χ1) is 17.2. The lowest BCUT2D eigenvalue weighted by Gasteiger charge is -2.25. The van der Waals surface area contributed by atoms with Gasteiger partial charge in [-0.15, -0.1) is 0 Å². The number of ether oxygens (including phenoxy) is 1. The Labute approximate surface area is 223 Å². The maximum Gasteiger partial charge on any atom is 0.407 e. The second kappa shape index (κ2) is 15.2. The summed E-state index contributed by atoms with van der Waals surface area (Å²) in [5, 5.41) is 9.20. The van der Waals surface area contributed by atoms with Crippen molar-refractivity contribution in [1.29, 1.82) is 0 Å². The molecular formula is C26H40N4O6S. The van der Waals surface area contributed by atoms with Crippen LogP contribution in [0.3, 0.4) is 0 Å². The number of carbonyl (C=O) groups is 5. The van der Waals surface area contributed by atoms with E-state index >= 15 is 0 Å². The van der Waals surface area contributed by atoms with E-state index in [0.29, 0.717) is 6.42 Å². The van der Waals surface area contributed by atoms with E-state index in [4.69, 9.17) is 4.74 Å². The summed E-state index contributed by atoms with van der Waals surface area (Å²) in [6, 6.07) is 7.32. The molecule has 0 aliphatic heterocycles. The molecule has 37 heavy (non-hydrogen) atoms. The van der Waals surface area contributed by atoms with E-state index in [2.05, 4.69) is 21.3 Å². The van der Waals surface area contributed by atoms with Gasteiger partial charge >= 0.3 is 6.09 Å². The molecule has 0 bridgehead atoms. The number of nitrogens with one attached hydrogen (secondary N) is 4. The molecule has 4 amide bonds. The third-order valence-corrected chi connectivity index (χ3v) is 5.93. The molecule has 4 N–H and O–H groups in total. The zero-order valence-corrected chi connectivity index (χ0v) is 23.5. The van der Waals surface area contributed by atoms with Gasteiger partial charge in [-0.2, -0.15) is 0 Å². The van der Waals surface area contributed by atoms with Gasteiger partial charge in [-0.05, 0) is 38.7 Å². The van der Waals surface area contributed by atoms with Gasteiger partial charge in [0.1, 0.15) is 22.9 Å². The van der Waals surface area contributed by atoms with Crippen LogP contribution in [0.1, 0.15) is 53.5 Å². The number of hydrogen-bond acceptors (Lipinski definition) is 7.